The molecule has 1 aromatic heterocycles. The Bertz CT molecular complexity index is 848. The zero-order valence-corrected chi connectivity index (χ0v) is 13.3. The largest absolute Gasteiger partial charge is 0.464 e. The fraction of sp³-hybridized carbons (Fsp3) is 0.421. The summed E-state index contributed by atoms with van der Waals surface area (Å²) in [7, 11) is 1.47. The van der Waals surface area contributed by atoms with Gasteiger partial charge < -0.3 is 9.30 Å². The summed E-state index contributed by atoms with van der Waals surface area (Å²) in [6.07, 6.45) is 5.60. The van der Waals surface area contributed by atoms with Gasteiger partial charge in [0.25, 0.3) is 0 Å². The quantitative estimate of drug-likeness (QED) is 0.760. The molecule has 4 heteroatoms. The van der Waals surface area contributed by atoms with Crippen LogP contribution in [0.25, 0.3) is 16.6 Å². The minimum absolute atomic E-state index is 0.227. The summed E-state index contributed by atoms with van der Waals surface area (Å²) in [5.74, 6) is 0.198. The minimum Gasteiger partial charge on any atom is -0.464 e. The summed E-state index contributed by atoms with van der Waals surface area (Å²) in [4.78, 5) is 15.0. The number of nitrogens with zero attached hydrogens (tertiary/aromatic N) is 2. The van der Waals surface area contributed by atoms with Gasteiger partial charge in [0.2, 0.25) is 0 Å². The first-order valence-electron chi connectivity index (χ1n) is 8.46. The first-order chi connectivity index (χ1) is 11.3. The Kier molecular flexibility index (Phi) is 2.74. The molecule has 23 heavy (non-hydrogen) atoms. The normalized spacial score (nSPS) is 25.9. The molecule has 4 nitrogen and oxygen atoms in total. The molecule has 118 valence electrons. The lowest BCUT2D eigenvalue weighted by molar-refractivity contribution is -0.134. The monoisotopic (exact) mass is 308 g/mol. The van der Waals surface area contributed by atoms with E-state index in [0.717, 1.165) is 24.9 Å². The fourth-order valence-corrected chi connectivity index (χ4v) is 4.86. The van der Waals surface area contributed by atoms with Crippen molar-refractivity contribution in [3.05, 3.63) is 41.6 Å². The second kappa shape index (κ2) is 4.71. The highest BCUT2D eigenvalue weighted by Crippen LogP contribution is 2.48. The third kappa shape index (κ3) is 1.67. The number of methoxy groups -OCH3 is 1. The van der Waals surface area contributed by atoms with Crippen molar-refractivity contribution < 1.29 is 9.53 Å². The van der Waals surface area contributed by atoms with Crippen molar-refractivity contribution in [1.29, 1.82) is 0 Å². The maximum absolute atomic E-state index is 12.4. The zero-order valence-electron chi connectivity index (χ0n) is 13.3. The van der Waals surface area contributed by atoms with Crippen molar-refractivity contribution >= 4 is 22.6 Å². The van der Waals surface area contributed by atoms with Crippen LogP contribution in [-0.4, -0.2) is 35.6 Å². The molecule has 0 spiro atoms. The molecule has 2 atom stereocenters. The number of ether oxygens (including phenoxy) is 1. The van der Waals surface area contributed by atoms with Crippen LogP contribution in [0.15, 0.2) is 30.3 Å². The van der Waals surface area contributed by atoms with Gasteiger partial charge in [-0.3, -0.25) is 4.90 Å². The van der Waals surface area contributed by atoms with E-state index in [0.29, 0.717) is 17.7 Å². The number of hydrogen-bond acceptors (Lipinski definition) is 3. The number of rotatable bonds is 1. The SMILES string of the molecule is COC(=O)C1=C[C@H]2CCCN3CCc4c(n1c1ccccc41)[C@@H]23. The Balaban J connectivity index is 1.86. The van der Waals surface area contributed by atoms with E-state index in [1.165, 1.54) is 36.7 Å². The number of carbonyl (C=O) groups excluding carboxylic acids is 1. The number of fused-ring (bicyclic) bond motifs is 3. The Morgan fingerprint density at radius 3 is 3.00 bits per heavy atom. The smallest absolute Gasteiger partial charge is 0.354 e. The molecule has 0 saturated carbocycles. The van der Waals surface area contributed by atoms with E-state index in [1.807, 2.05) is 0 Å². The number of esters is 1. The molecular formula is C19H20N2O2. The lowest BCUT2D eigenvalue weighted by Crippen LogP contribution is -2.45. The van der Waals surface area contributed by atoms with Crippen LogP contribution in [-0.2, 0) is 16.0 Å². The van der Waals surface area contributed by atoms with Gasteiger partial charge in [0.05, 0.1) is 18.7 Å². The van der Waals surface area contributed by atoms with Gasteiger partial charge in [-0.2, -0.15) is 0 Å². The molecule has 3 aliphatic heterocycles. The standard InChI is InChI=1S/C19H20N2O2/c1-23-19(22)16-11-12-5-4-9-20-10-8-14-13-6-2-3-7-15(13)21(16)18(14)17(12)20/h2-3,6-7,11-12,17H,4-5,8-10H2,1H3/t12-,17-/m1/s1. The molecule has 1 saturated heterocycles. The van der Waals surface area contributed by atoms with Gasteiger partial charge in [-0.25, -0.2) is 4.79 Å². The average molecular weight is 308 g/mol. The predicted molar refractivity (Wildman–Crippen MR) is 89.0 cm³/mol. The molecule has 3 aliphatic rings. The lowest BCUT2D eigenvalue weighted by atomic mass is 9.80. The Morgan fingerprint density at radius 2 is 2.13 bits per heavy atom. The summed E-state index contributed by atoms with van der Waals surface area (Å²) in [6.45, 7) is 2.30. The maximum atomic E-state index is 12.4. The van der Waals surface area contributed by atoms with E-state index in [9.17, 15) is 4.79 Å². The Labute approximate surface area is 135 Å². The second-order valence-electron chi connectivity index (χ2n) is 6.80. The van der Waals surface area contributed by atoms with E-state index in [2.05, 4.69) is 39.8 Å². The highest BCUT2D eigenvalue weighted by molar-refractivity contribution is 6.13. The van der Waals surface area contributed by atoms with Crippen molar-refractivity contribution in [3.63, 3.8) is 0 Å². The van der Waals surface area contributed by atoms with Gasteiger partial charge in [-0.05, 0) is 43.5 Å². The maximum Gasteiger partial charge on any atom is 0.354 e. The molecule has 2 aromatic rings. The van der Waals surface area contributed by atoms with Crippen LogP contribution in [0.5, 0.6) is 0 Å². The Morgan fingerprint density at radius 1 is 1.26 bits per heavy atom. The number of piperidine rings is 1. The molecule has 1 aromatic carbocycles. The zero-order chi connectivity index (χ0) is 15.6. The molecule has 4 heterocycles. The van der Waals surface area contributed by atoms with Crippen molar-refractivity contribution in [1.82, 2.24) is 9.47 Å². The van der Waals surface area contributed by atoms with E-state index in [4.69, 9.17) is 4.74 Å². The van der Waals surface area contributed by atoms with Gasteiger partial charge in [0, 0.05) is 23.5 Å². The van der Waals surface area contributed by atoms with Crippen LogP contribution in [0.2, 0.25) is 0 Å². The summed E-state index contributed by atoms with van der Waals surface area (Å²) in [5.41, 5.74) is 4.61. The molecule has 0 unspecified atom stereocenters. The Hall–Kier alpha value is -2.07. The number of benzene rings is 1. The van der Waals surface area contributed by atoms with Gasteiger partial charge in [-0.1, -0.05) is 18.2 Å². The molecule has 0 bridgehead atoms. The van der Waals surface area contributed by atoms with Crippen LogP contribution in [0, 0.1) is 5.92 Å². The van der Waals surface area contributed by atoms with Crippen LogP contribution in [0.1, 0.15) is 30.1 Å². The van der Waals surface area contributed by atoms with Crippen LogP contribution >= 0.6 is 0 Å². The molecule has 0 aliphatic carbocycles. The number of aromatic nitrogens is 1. The first kappa shape index (κ1) is 13.4. The number of carbonyl (C=O) groups is 1. The van der Waals surface area contributed by atoms with E-state index in [-0.39, 0.29) is 5.97 Å². The molecule has 1 fully saturated rings. The topological polar surface area (TPSA) is 34.5 Å². The van der Waals surface area contributed by atoms with E-state index in [1.54, 1.807) is 0 Å². The van der Waals surface area contributed by atoms with Crippen LogP contribution in [0.3, 0.4) is 0 Å². The van der Waals surface area contributed by atoms with E-state index >= 15 is 0 Å². The highest BCUT2D eigenvalue weighted by atomic mass is 16.5. The van der Waals surface area contributed by atoms with Crippen LogP contribution < -0.4 is 0 Å². The van der Waals surface area contributed by atoms with Crippen molar-refractivity contribution in [2.24, 2.45) is 5.92 Å². The third-order valence-electron chi connectivity index (χ3n) is 5.74. The molecule has 5 rings (SSSR count). The predicted octanol–water partition coefficient (Wildman–Crippen LogP) is 2.98. The molecule has 0 N–H and O–H groups in total. The minimum atomic E-state index is -0.227. The summed E-state index contributed by atoms with van der Waals surface area (Å²) >= 11 is 0. The number of hydrogen-bond donors (Lipinski definition) is 0. The van der Waals surface area contributed by atoms with Gasteiger partial charge in [0.1, 0.15) is 5.70 Å². The summed E-state index contributed by atoms with van der Waals surface area (Å²) < 4.78 is 7.26. The van der Waals surface area contributed by atoms with Gasteiger partial charge in [0.15, 0.2) is 0 Å². The van der Waals surface area contributed by atoms with E-state index < -0.39 is 0 Å². The lowest BCUT2D eigenvalue weighted by Gasteiger charge is -2.46. The summed E-state index contributed by atoms with van der Waals surface area (Å²) in [6, 6.07) is 8.89. The first-order valence-corrected chi connectivity index (χ1v) is 8.46. The van der Waals surface area contributed by atoms with Crippen LogP contribution in [0.4, 0.5) is 0 Å². The molecular weight excluding hydrogens is 288 g/mol. The van der Waals surface area contributed by atoms with Crippen molar-refractivity contribution in [3.8, 4) is 0 Å². The number of para-hydroxylation sites is 1. The average Bonchev–Trinajstić information content (AvgIpc) is 2.95. The highest BCUT2D eigenvalue weighted by Gasteiger charge is 2.43. The molecule has 0 amide bonds. The second-order valence-corrected chi connectivity index (χ2v) is 6.80. The molecule has 0 radical (unpaired) electrons. The van der Waals surface area contributed by atoms with Gasteiger partial charge >= 0.3 is 5.97 Å². The summed E-state index contributed by atoms with van der Waals surface area (Å²) in [5, 5.41) is 1.29. The van der Waals surface area contributed by atoms with Gasteiger partial charge in [-0.15, -0.1) is 0 Å². The van der Waals surface area contributed by atoms with Crippen molar-refractivity contribution in [2.45, 2.75) is 25.3 Å². The van der Waals surface area contributed by atoms with Crippen molar-refractivity contribution in [2.75, 3.05) is 20.2 Å². The third-order valence-corrected chi connectivity index (χ3v) is 5.74. The fourth-order valence-electron chi connectivity index (χ4n) is 4.86.